The second-order valence-electron chi connectivity index (χ2n) is 4.97. The van der Waals surface area contributed by atoms with Crippen molar-refractivity contribution in [2.24, 2.45) is 0 Å². The summed E-state index contributed by atoms with van der Waals surface area (Å²) in [4.78, 5) is 45.3. The van der Waals surface area contributed by atoms with E-state index < -0.39 is 35.9 Å². The number of rotatable bonds is 7. The number of anilines is 1. The Morgan fingerprint density at radius 3 is 2.78 bits per heavy atom. The molecular weight excluding hydrogens is 376 g/mol. The van der Waals surface area contributed by atoms with Crippen LogP contribution in [-0.4, -0.2) is 35.9 Å². The maximum Gasteiger partial charge on any atom is 0.325 e. The Kier molecular flexibility index (Phi) is 6.56. The maximum absolute atomic E-state index is 11.9. The second kappa shape index (κ2) is 9.07. The Balaban J connectivity index is 1.78. The predicted molar refractivity (Wildman–Crippen MR) is 94.1 cm³/mol. The molecule has 1 aromatic carbocycles. The minimum atomic E-state index is -0.865. The van der Waals surface area contributed by atoms with Gasteiger partial charge in [-0.3, -0.25) is 24.5 Å². The Morgan fingerprint density at radius 1 is 1.30 bits per heavy atom. The molecule has 2 N–H and O–H groups in total. The van der Waals surface area contributed by atoms with Crippen LogP contribution in [0.5, 0.6) is 0 Å². The quantitative estimate of drug-likeness (QED) is 0.413. The van der Waals surface area contributed by atoms with Crippen LogP contribution >= 0.6 is 11.3 Å². The van der Waals surface area contributed by atoms with Crippen molar-refractivity contribution >= 4 is 39.8 Å². The molecule has 0 aliphatic carbocycles. The van der Waals surface area contributed by atoms with Gasteiger partial charge in [-0.25, -0.2) is 0 Å². The maximum atomic E-state index is 11.9. The van der Waals surface area contributed by atoms with Crippen LogP contribution in [0.4, 0.5) is 10.7 Å². The first kappa shape index (κ1) is 19.5. The van der Waals surface area contributed by atoms with Crippen LogP contribution in [0.15, 0.2) is 35.7 Å². The zero-order valence-corrected chi connectivity index (χ0v) is 14.4. The van der Waals surface area contributed by atoms with Crippen molar-refractivity contribution in [1.82, 2.24) is 5.32 Å². The van der Waals surface area contributed by atoms with Gasteiger partial charge in [0.05, 0.1) is 10.5 Å². The van der Waals surface area contributed by atoms with E-state index in [1.54, 1.807) is 5.38 Å². The van der Waals surface area contributed by atoms with E-state index in [9.17, 15) is 24.5 Å². The lowest BCUT2D eigenvalue weighted by atomic mass is 10.2. The Hall–Kier alpha value is -3.78. The number of carbonyl (C=O) groups excluding carboxylic acids is 3. The molecule has 0 fully saturated rings. The fourth-order valence-corrected chi connectivity index (χ4v) is 2.62. The van der Waals surface area contributed by atoms with Crippen molar-refractivity contribution < 1.29 is 24.0 Å². The molecule has 138 valence electrons. The Morgan fingerprint density at radius 2 is 2.07 bits per heavy atom. The van der Waals surface area contributed by atoms with E-state index in [1.165, 1.54) is 24.3 Å². The Labute approximate surface area is 156 Å². The molecule has 0 unspecified atom stereocenters. The Bertz CT molecular complexity index is 933. The normalized spacial score (nSPS) is 9.74. The first-order chi connectivity index (χ1) is 12.9. The highest BCUT2D eigenvalue weighted by Gasteiger charge is 2.14. The van der Waals surface area contributed by atoms with Gasteiger partial charge in [0, 0.05) is 17.7 Å². The average molecular weight is 388 g/mol. The number of amides is 2. The summed E-state index contributed by atoms with van der Waals surface area (Å²) in [6.07, 6.45) is 0. The summed E-state index contributed by atoms with van der Waals surface area (Å²) in [7, 11) is 0. The summed E-state index contributed by atoms with van der Waals surface area (Å²) in [5.74, 6) is -2.19. The van der Waals surface area contributed by atoms with E-state index in [1.807, 2.05) is 6.07 Å². The highest BCUT2D eigenvalue weighted by Crippen LogP contribution is 2.21. The molecule has 2 rings (SSSR count). The molecule has 11 heteroatoms. The van der Waals surface area contributed by atoms with Crippen molar-refractivity contribution in [3.63, 3.8) is 0 Å². The van der Waals surface area contributed by atoms with E-state index in [2.05, 4.69) is 10.6 Å². The standard InChI is InChI=1S/C16H12N4O6S/c17-7-11-4-5-27-16(11)19-13(21)9-26-14(22)8-18-15(23)10-2-1-3-12(6-10)20(24)25/h1-6H,8-9H2,(H,18,23)(H,19,21). The summed E-state index contributed by atoms with van der Waals surface area (Å²) >= 11 is 1.15. The third-order valence-electron chi connectivity index (χ3n) is 3.12. The number of hydrogen-bond acceptors (Lipinski definition) is 8. The lowest BCUT2D eigenvalue weighted by molar-refractivity contribution is -0.384. The fraction of sp³-hybridized carbons (Fsp3) is 0.125. The molecule has 0 saturated carbocycles. The molecule has 0 saturated heterocycles. The zero-order chi connectivity index (χ0) is 19.8. The number of nitro benzene ring substituents is 1. The molecule has 0 radical (unpaired) electrons. The lowest BCUT2D eigenvalue weighted by Crippen LogP contribution is -2.32. The SMILES string of the molecule is N#Cc1ccsc1NC(=O)COC(=O)CNC(=O)c1cccc([N+](=O)[O-])c1. The number of ether oxygens (including phenoxy) is 1. The number of thiophene rings is 1. The van der Waals surface area contributed by atoms with Gasteiger partial charge in [-0.2, -0.15) is 5.26 Å². The molecule has 2 amide bonds. The molecule has 1 aromatic heterocycles. The minimum absolute atomic E-state index is 0.0106. The number of esters is 1. The lowest BCUT2D eigenvalue weighted by Gasteiger charge is -2.07. The second-order valence-corrected chi connectivity index (χ2v) is 5.89. The van der Waals surface area contributed by atoms with Crippen molar-refractivity contribution in [1.29, 1.82) is 5.26 Å². The number of non-ortho nitro benzene ring substituents is 1. The van der Waals surface area contributed by atoms with Crippen LogP contribution in [0.2, 0.25) is 0 Å². The third-order valence-corrected chi connectivity index (χ3v) is 3.95. The van der Waals surface area contributed by atoms with Gasteiger partial charge in [-0.1, -0.05) is 6.07 Å². The van der Waals surface area contributed by atoms with Gasteiger partial charge in [0.15, 0.2) is 6.61 Å². The highest BCUT2D eigenvalue weighted by molar-refractivity contribution is 7.14. The smallest absolute Gasteiger partial charge is 0.325 e. The molecule has 0 bridgehead atoms. The predicted octanol–water partition coefficient (Wildman–Crippen LogP) is 1.44. The summed E-state index contributed by atoms with van der Waals surface area (Å²) in [6.45, 7) is -1.11. The van der Waals surface area contributed by atoms with Crippen molar-refractivity contribution in [3.05, 3.63) is 57.0 Å². The number of hydrogen-bond donors (Lipinski definition) is 2. The van der Waals surface area contributed by atoms with Crippen molar-refractivity contribution in [3.8, 4) is 6.07 Å². The molecule has 0 spiro atoms. The number of nitriles is 1. The fourth-order valence-electron chi connectivity index (χ4n) is 1.87. The highest BCUT2D eigenvalue weighted by atomic mass is 32.1. The van der Waals surface area contributed by atoms with E-state index in [-0.39, 0.29) is 11.3 Å². The van der Waals surface area contributed by atoms with Gasteiger partial charge in [0.25, 0.3) is 17.5 Å². The summed E-state index contributed by atoms with van der Waals surface area (Å²) in [5, 5.41) is 26.2. The van der Waals surface area contributed by atoms with Gasteiger partial charge >= 0.3 is 5.97 Å². The van der Waals surface area contributed by atoms with Gasteiger partial charge in [0.1, 0.15) is 17.6 Å². The first-order valence-corrected chi connectivity index (χ1v) is 8.24. The van der Waals surface area contributed by atoms with Gasteiger partial charge < -0.3 is 15.4 Å². The van der Waals surface area contributed by atoms with E-state index in [0.717, 1.165) is 17.4 Å². The first-order valence-electron chi connectivity index (χ1n) is 7.36. The molecule has 27 heavy (non-hydrogen) atoms. The topological polar surface area (TPSA) is 151 Å². The van der Waals surface area contributed by atoms with Crippen LogP contribution in [0.3, 0.4) is 0 Å². The molecule has 1 heterocycles. The molecule has 0 aliphatic heterocycles. The van der Waals surface area contributed by atoms with E-state index in [0.29, 0.717) is 10.6 Å². The van der Waals surface area contributed by atoms with Crippen molar-refractivity contribution in [2.75, 3.05) is 18.5 Å². The van der Waals surface area contributed by atoms with Crippen LogP contribution in [-0.2, 0) is 14.3 Å². The molecule has 2 aromatic rings. The third kappa shape index (κ3) is 5.62. The molecule has 10 nitrogen and oxygen atoms in total. The molecular formula is C16H12N4O6S. The number of nitro groups is 1. The van der Waals surface area contributed by atoms with Gasteiger partial charge in [-0.15, -0.1) is 11.3 Å². The zero-order valence-electron chi connectivity index (χ0n) is 13.6. The summed E-state index contributed by atoms with van der Waals surface area (Å²) in [6, 6.07) is 8.44. The van der Waals surface area contributed by atoms with Gasteiger partial charge in [0.2, 0.25) is 0 Å². The van der Waals surface area contributed by atoms with Gasteiger partial charge in [-0.05, 0) is 17.5 Å². The number of carbonyl (C=O) groups is 3. The summed E-state index contributed by atoms with van der Waals surface area (Å²) < 4.78 is 4.72. The largest absolute Gasteiger partial charge is 0.454 e. The number of nitrogens with zero attached hydrogens (tertiary/aromatic N) is 2. The average Bonchev–Trinajstić information content (AvgIpc) is 3.11. The minimum Gasteiger partial charge on any atom is -0.454 e. The molecule has 0 aliphatic rings. The molecule has 0 atom stereocenters. The van der Waals surface area contributed by atoms with Crippen LogP contribution in [0, 0.1) is 21.4 Å². The van der Waals surface area contributed by atoms with Crippen LogP contribution in [0.1, 0.15) is 15.9 Å². The van der Waals surface area contributed by atoms with E-state index in [4.69, 9.17) is 10.00 Å². The number of benzene rings is 1. The monoisotopic (exact) mass is 388 g/mol. The number of nitrogens with one attached hydrogen (secondary N) is 2. The van der Waals surface area contributed by atoms with Crippen LogP contribution < -0.4 is 10.6 Å². The summed E-state index contributed by atoms with van der Waals surface area (Å²) in [5.41, 5.74) is 0.0487. The van der Waals surface area contributed by atoms with E-state index >= 15 is 0 Å². The van der Waals surface area contributed by atoms with Crippen molar-refractivity contribution in [2.45, 2.75) is 0 Å². The van der Waals surface area contributed by atoms with Crippen LogP contribution in [0.25, 0.3) is 0 Å².